The third-order valence-corrected chi connectivity index (χ3v) is 12.9. The van der Waals surface area contributed by atoms with Crippen LogP contribution in [0.2, 0.25) is 0 Å². The van der Waals surface area contributed by atoms with Crippen LogP contribution in [-0.2, 0) is 56.4 Å². The number of nitrogens with one attached hydrogen (secondary N) is 8. The van der Waals surface area contributed by atoms with Crippen LogP contribution in [0.5, 0.6) is 0 Å². The van der Waals surface area contributed by atoms with E-state index in [2.05, 4.69) is 78.9 Å². The van der Waals surface area contributed by atoms with Gasteiger partial charge in [0.25, 0.3) is 0 Å². The van der Waals surface area contributed by atoms with E-state index in [0.717, 1.165) is 52.4 Å². The van der Waals surface area contributed by atoms with E-state index in [1.807, 2.05) is 0 Å². The molecule has 15 nitrogen and oxygen atoms in total. The molecule has 1 radical (unpaired) electrons. The van der Waals surface area contributed by atoms with Crippen molar-refractivity contribution in [2.24, 2.45) is 0 Å². The molecule has 8 rings (SSSR count). The van der Waals surface area contributed by atoms with E-state index in [4.69, 9.17) is 50.6 Å². The smallest absolute Gasteiger partial charge is 0.0545 e. The summed E-state index contributed by atoms with van der Waals surface area (Å²) in [4.78, 5) is 9.79. The van der Waals surface area contributed by atoms with E-state index in [0.29, 0.717) is 48.3 Å². The Labute approximate surface area is 402 Å². The molecular formula is C44H80Cl2Mn2N10O5. The second-order valence-electron chi connectivity index (χ2n) is 16.9. The number of aliphatic hydroxyl groups excluding tert-OH is 2. The van der Waals surface area contributed by atoms with Gasteiger partial charge in [-0.05, 0) is 75.6 Å². The van der Waals surface area contributed by atoms with Gasteiger partial charge in [-0.2, -0.15) is 0 Å². The zero-order valence-corrected chi connectivity index (χ0v) is 41.0. The Kier molecular flexibility index (Phi) is 33.9. The molecule has 4 bridgehead atoms. The van der Waals surface area contributed by atoms with Gasteiger partial charge >= 0.3 is 33.3 Å². The van der Waals surface area contributed by atoms with Crippen LogP contribution < -0.4 is 42.5 Å². The van der Waals surface area contributed by atoms with Crippen LogP contribution in [0.15, 0.2) is 36.4 Å². The van der Waals surface area contributed by atoms with Gasteiger partial charge in [-0.25, -0.2) is 0 Å². The van der Waals surface area contributed by atoms with Crippen molar-refractivity contribution >= 4 is 20.2 Å². The Morgan fingerprint density at radius 2 is 0.587 bits per heavy atom. The molecule has 0 saturated heterocycles. The van der Waals surface area contributed by atoms with E-state index in [1.54, 1.807) is 0 Å². The van der Waals surface area contributed by atoms with Crippen LogP contribution in [0, 0.1) is 0 Å². The van der Waals surface area contributed by atoms with E-state index < -0.39 is 13.6 Å². The summed E-state index contributed by atoms with van der Waals surface area (Å²) in [7, 11) is 9.59. The van der Waals surface area contributed by atoms with Crippen LogP contribution in [0.1, 0.15) is 126 Å². The second kappa shape index (κ2) is 36.4. The minimum atomic E-state index is -0.750. The predicted octanol–water partition coefficient (Wildman–Crippen LogP) is 2.56. The molecule has 14 N–H and O–H groups in total. The van der Waals surface area contributed by atoms with Gasteiger partial charge in [0.15, 0.2) is 0 Å². The van der Waals surface area contributed by atoms with Crippen LogP contribution in [0.4, 0.5) is 0 Å². The molecule has 0 spiro atoms. The van der Waals surface area contributed by atoms with Gasteiger partial charge in [0.05, 0.1) is 22.8 Å². The molecule has 4 saturated carbocycles. The number of aromatic nitrogens is 2. The number of aliphatic hydroxyl groups is 4. The first kappa shape index (κ1) is 58.5. The van der Waals surface area contributed by atoms with E-state index in [1.165, 1.54) is 126 Å². The monoisotopic (exact) mass is 1010 g/mol. The Morgan fingerprint density at radius 1 is 0.413 bits per heavy atom. The maximum Gasteiger partial charge on any atom is 0.0545 e. The van der Waals surface area contributed by atoms with Gasteiger partial charge < -0.3 is 68.4 Å². The Morgan fingerprint density at radius 3 is 0.778 bits per heavy atom. The molecule has 63 heavy (non-hydrogen) atoms. The minimum absolute atomic E-state index is 0. The van der Waals surface area contributed by atoms with E-state index in [-0.39, 0.29) is 35.7 Å². The third kappa shape index (κ3) is 22.8. The van der Waals surface area contributed by atoms with Crippen molar-refractivity contribution in [1.29, 1.82) is 0 Å². The molecule has 2 aromatic rings. The van der Waals surface area contributed by atoms with Crippen molar-refractivity contribution in [2.75, 3.05) is 39.8 Å². The fourth-order valence-electron chi connectivity index (χ4n) is 9.90. The molecule has 4 unspecified atom stereocenters. The maximum absolute atomic E-state index is 7.12. The first-order valence-electron chi connectivity index (χ1n) is 23.1. The molecule has 6 aliphatic rings. The Balaban J connectivity index is 0.000000356. The number of pyridine rings is 2. The zero-order chi connectivity index (χ0) is 43.3. The molecule has 8 atom stereocenters. The van der Waals surface area contributed by atoms with E-state index in [9.17, 15) is 0 Å². The average Bonchev–Trinajstić information content (AvgIpc) is 3.29. The van der Waals surface area contributed by atoms with Crippen molar-refractivity contribution in [3.8, 4) is 0 Å². The van der Waals surface area contributed by atoms with Gasteiger partial charge in [-0.3, -0.25) is 9.97 Å². The van der Waals surface area contributed by atoms with Crippen LogP contribution >= 0.6 is 20.2 Å². The summed E-state index contributed by atoms with van der Waals surface area (Å²) in [5, 5.41) is 58.9. The third-order valence-electron chi connectivity index (χ3n) is 12.9. The Bertz CT molecular complexity index is 1230. The van der Waals surface area contributed by atoms with Gasteiger partial charge in [-0.1, -0.05) is 63.5 Å². The minimum Gasteiger partial charge on any atom is -0.311 e. The molecule has 0 aromatic carbocycles. The number of hydrogen-bond donors (Lipinski definition) is 12. The fraction of sp³-hybridized carbons (Fsp3) is 0.773. The van der Waals surface area contributed by atoms with Gasteiger partial charge in [0.2, 0.25) is 0 Å². The summed E-state index contributed by atoms with van der Waals surface area (Å²) in [5.41, 5.74) is 4.67. The van der Waals surface area contributed by atoms with Crippen LogP contribution in [-0.4, -0.2) is 124 Å². The normalized spacial score (nSPS) is 28.9. The standard InChI is InChI=1S/2C21H35N5.2CH4O2.2ClH.2Mn.H2O/c2*1-3-10-20-18(8-1)22-12-13-23-19-9-2-4-11-21(19)25-15-17-7-5-6-16(26-17)14-24-20;2*2-1-3;;;;;/h2*5-7,18-25H,1-4,8-15H2;2*2-3H,1H2;2*1H;;;1H2/q;;;;;;;+2;/p-2/t2*18?,19?,20-,21-;;;;;;;/m11......./s1. The fourth-order valence-corrected chi connectivity index (χ4v) is 9.90. The average molecular weight is 1010 g/mol. The second-order valence-corrected chi connectivity index (χ2v) is 18.9. The number of rotatable bonds is 0. The van der Waals surface area contributed by atoms with Gasteiger partial charge in [0, 0.05) is 118 Å². The van der Waals surface area contributed by atoms with E-state index >= 15 is 0 Å². The number of halogens is 2. The van der Waals surface area contributed by atoms with Crippen molar-refractivity contribution < 1.29 is 56.1 Å². The number of hydrogen-bond acceptors (Lipinski definition) is 14. The summed E-state index contributed by atoms with van der Waals surface area (Å²) < 4.78 is 0. The van der Waals surface area contributed by atoms with Crippen molar-refractivity contribution in [3.63, 3.8) is 0 Å². The number of fused-ring (bicyclic) bond motifs is 8. The summed E-state index contributed by atoms with van der Waals surface area (Å²) in [5.74, 6) is 0. The molecule has 2 aromatic heterocycles. The molecule has 4 heterocycles. The first-order chi connectivity index (χ1) is 30.0. The molecule has 0 amide bonds. The largest absolute Gasteiger partial charge is 0.311 e. The Hall–Kier alpha value is -0.601. The molecular weight excluding hydrogens is 929 g/mol. The first-order valence-corrected chi connectivity index (χ1v) is 26.3. The molecule has 364 valence electrons. The molecule has 4 fully saturated rings. The quantitative estimate of drug-likeness (QED) is 0.135. The van der Waals surface area contributed by atoms with Crippen LogP contribution in [0.3, 0.4) is 0 Å². The number of nitrogens with zero attached hydrogens (tertiary/aromatic N) is 2. The summed E-state index contributed by atoms with van der Waals surface area (Å²) in [6.45, 7) is 6.27. The van der Waals surface area contributed by atoms with Gasteiger partial charge in [0.1, 0.15) is 13.6 Å². The molecule has 2 aliphatic heterocycles. The van der Waals surface area contributed by atoms with Crippen molar-refractivity contribution in [2.45, 2.75) is 177 Å². The molecule has 4 aliphatic carbocycles. The van der Waals surface area contributed by atoms with Crippen molar-refractivity contribution in [3.05, 3.63) is 59.2 Å². The maximum atomic E-state index is 7.12. The van der Waals surface area contributed by atoms with Gasteiger partial charge in [-0.15, -0.1) is 0 Å². The summed E-state index contributed by atoms with van der Waals surface area (Å²) >= 11 is 0.00694. The summed E-state index contributed by atoms with van der Waals surface area (Å²) in [6.07, 6.45) is 21.0. The van der Waals surface area contributed by atoms with Crippen LogP contribution in [0.25, 0.3) is 0 Å². The predicted molar refractivity (Wildman–Crippen MR) is 246 cm³/mol. The van der Waals surface area contributed by atoms with Crippen molar-refractivity contribution in [1.82, 2.24) is 52.5 Å². The summed E-state index contributed by atoms with van der Waals surface area (Å²) in [6, 6.07) is 17.6. The zero-order valence-electron chi connectivity index (χ0n) is 37.2. The molecule has 19 heteroatoms. The topological polar surface area (TPSA) is 234 Å². The SMILES string of the molecule is O.OCO.OCO.[Cl][Mn][Cl].[Mn].c1cc2nc(c1)CN[C@@H]1CCCCC1NCCNC1CCCC[C@H]1NC2.c1cc2nc(c1)CN[C@@H]1CCCCC1NCCNC1CCCC[C@H]1NC2.